The van der Waals surface area contributed by atoms with E-state index >= 15 is 0 Å². The zero-order valence-electron chi connectivity index (χ0n) is 11.3. The highest BCUT2D eigenvalue weighted by Gasteiger charge is 2.26. The van der Waals surface area contributed by atoms with Crippen LogP contribution < -0.4 is 5.73 Å². The highest BCUT2D eigenvalue weighted by molar-refractivity contribution is 5.31. The molecular formula is C15H21N3. The highest BCUT2D eigenvalue weighted by atomic mass is 15.3. The number of hydrogen-bond acceptors (Lipinski definition) is 2. The van der Waals surface area contributed by atoms with Crippen LogP contribution in [0.5, 0.6) is 0 Å². The van der Waals surface area contributed by atoms with Gasteiger partial charge in [0.2, 0.25) is 0 Å². The summed E-state index contributed by atoms with van der Waals surface area (Å²) in [4.78, 5) is 0. The van der Waals surface area contributed by atoms with E-state index in [2.05, 4.69) is 25.9 Å². The van der Waals surface area contributed by atoms with E-state index < -0.39 is 0 Å². The third kappa shape index (κ3) is 2.46. The van der Waals surface area contributed by atoms with Crippen molar-refractivity contribution in [2.45, 2.75) is 33.2 Å². The summed E-state index contributed by atoms with van der Waals surface area (Å²) < 4.78 is 1.88. The van der Waals surface area contributed by atoms with Crippen molar-refractivity contribution >= 4 is 0 Å². The summed E-state index contributed by atoms with van der Waals surface area (Å²) >= 11 is 0. The van der Waals surface area contributed by atoms with Gasteiger partial charge in [-0.1, -0.05) is 39.0 Å². The van der Waals surface area contributed by atoms with Crippen molar-refractivity contribution in [1.29, 1.82) is 0 Å². The second kappa shape index (κ2) is 4.94. The molecule has 1 aromatic heterocycles. The van der Waals surface area contributed by atoms with E-state index in [1.54, 1.807) is 0 Å². The van der Waals surface area contributed by atoms with Crippen LogP contribution in [0.2, 0.25) is 0 Å². The summed E-state index contributed by atoms with van der Waals surface area (Å²) in [6.07, 6.45) is 4.94. The SMILES string of the molecule is CCC(C)(C)C(N)c1cnn(-c2ccccc2)c1. The first-order valence-electron chi connectivity index (χ1n) is 6.40. The summed E-state index contributed by atoms with van der Waals surface area (Å²) in [5, 5.41) is 4.39. The molecule has 0 aliphatic heterocycles. The van der Waals surface area contributed by atoms with Crippen molar-refractivity contribution in [3.05, 3.63) is 48.3 Å². The zero-order chi connectivity index (χ0) is 13.2. The zero-order valence-corrected chi connectivity index (χ0v) is 11.3. The Morgan fingerprint density at radius 3 is 2.56 bits per heavy atom. The first-order chi connectivity index (χ1) is 8.54. The van der Waals surface area contributed by atoms with Gasteiger partial charge in [0.1, 0.15) is 0 Å². The smallest absolute Gasteiger partial charge is 0.0645 e. The number of nitrogens with zero attached hydrogens (tertiary/aromatic N) is 2. The summed E-state index contributed by atoms with van der Waals surface area (Å²) in [6.45, 7) is 6.55. The first-order valence-corrected chi connectivity index (χ1v) is 6.40. The Hall–Kier alpha value is -1.61. The topological polar surface area (TPSA) is 43.8 Å². The van der Waals surface area contributed by atoms with Crippen molar-refractivity contribution in [3.8, 4) is 5.69 Å². The van der Waals surface area contributed by atoms with Gasteiger partial charge in [0.15, 0.2) is 0 Å². The fourth-order valence-corrected chi connectivity index (χ4v) is 1.89. The van der Waals surface area contributed by atoms with Gasteiger partial charge < -0.3 is 5.73 Å². The molecule has 0 spiro atoms. The quantitative estimate of drug-likeness (QED) is 0.895. The maximum absolute atomic E-state index is 6.32. The summed E-state index contributed by atoms with van der Waals surface area (Å²) in [7, 11) is 0. The predicted molar refractivity (Wildman–Crippen MR) is 74.6 cm³/mol. The lowest BCUT2D eigenvalue weighted by Crippen LogP contribution is -2.28. The Balaban J connectivity index is 2.26. The molecule has 1 aromatic carbocycles. The molecule has 1 atom stereocenters. The van der Waals surface area contributed by atoms with Gasteiger partial charge in [-0.15, -0.1) is 0 Å². The van der Waals surface area contributed by atoms with Crippen LogP contribution in [0.4, 0.5) is 0 Å². The van der Waals surface area contributed by atoms with Crippen LogP contribution in [0.3, 0.4) is 0 Å². The third-order valence-corrected chi connectivity index (χ3v) is 3.74. The maximum atomic E-state index is 6.32. The van der Waals surface area contributed by atoms with Crippen molar-refractivity contribution in [3.63, 3.8) is 0 Å². The monoisotopic (exact) mass is 243 g/mol. The molecule has 0 saturated carbocycles. The van der Waals surface area contributed by atoms with Crippen molar-refractivity contribution in [2.24, 2.45) is 11.1 Å². The number of para-hydroxylation sites is 1. The molecule has 2 rings (SSSR count). The third-order valence-electron chi connectivity index (χ3n) is 3.74. The Morgan fingerprint density at radius 2 is 1.94 bits per heavy atom. The second-order valence-electron chi connectivity index (χ2n) is 5.37. The minimum absolute atomic E-state index is 0.0139. The number of hydrogen-bond donors (Lipinski definition) is 1. The van der Waals surface area contributed by atoms with Gasteiger partial charge in [0, 0.05) is 17.8 Å². The van der Waals surface area contributed by atoms with E-state index in [4.69, 9.17) is 5.73 Å². The lowest BCUT2D eigenvalue weighted by molar-refractivity contribution is 0.278. The average Bonchev–Trinajstić information content (AvgIpc) is 2.88. The van der Waals surface area contributed by atoms with Crippen LogP contribution in [-0.2, 0) is 0 Å². The molecule has 0 aliphatic rings. The molecule has 96 valence electrons. The maximum Gasteiger partial charge on any atom is 0.0645 e. The second-order valence-corrected chi connectivity index (χ2v) is 5.37. The lowest BCUT2D eigenvalue weighted by Gasteiger charge is -2.29. The first kappa shape index (κ1) is 12.8. The van der Waals surface area contributed by atoms with Crippen molar-refractivity contribution in [2.75, 3.05) is 0 Å². The van der Waals surface area contributed by atoms with Gasteiger partial charge in [-0.2, -0.15) is 5.10 Å². The molecular weight excluding hydrogens is 222 g/mol. The summed E-state index contributed by atoms with van der Waals surface area (Å²) in [5.74, 6) is 0. The van der Waals surface area contributed by atoms with E-state index in [9.17, 15) is 0 Å². The van der Waals surface area contributed by atoms with Gasteiger partial charge in [0.05, 0.1) is 11.9 Å². The van der Waals surface area contributed by atoms with Crippen LogP contribution in [0.1, 0.15) is 38.8 Å². The minimum atomic E-state index is 0.0139. The van der Waals surface area contributed by atoms with Crippen molar-refractivity contribution < 1.29 is 0 Å². The molecule has 2 N–H and O–H groups in total. The molecule has 1 heterocycles. The molecule has 0 amide bonds. The fraction of sp³-hybridized carbons (Fsp3) is 0.400. The molecule has 3 nitrogen and oxygen atoms in total. The molecule has 18 heavy (non-hydrogen) atoms. The number of aromatic nitrogens is 2. The van der Waals surface area contributed by atoms with Crippen LogP contribution in [-0.4, -0.2) is 9.78 Å². The van der Waals surface area contributed by atoms with Crippen LogP contribution in [0.25, 0.3) is 5.69 Å². The van der Waals surface area contributed by atoms with Crippen LogP contribution in [0.15, 0.2) is 42.7 Å². The number of nitrogens with two attached hydrogens (primary N) is 1. The Labute approximate surface area is 109 Å². The van der Waals surface area contributed by atoms with E-state index in [1.807, 2.05) is 47.4 Å². The minimum Gasteiger partial charge on any atom is -0.323 e. The van der Waals surface area contributed by atoms with Gasteiger partial charge in [-0.25, -0.2) is 4.68 Å². The van der Waals surface area contributed by atoms with Gasteiger partial charge >= 0.3 is 0 Å². The fourth-order valence-electron chi connectivity index (χ4n) is 1.89. The largest absolute Gasteiger partial charge is 0.323 e. The standard InChI is InChI=1S/C15H21N3/c1-4-15(2,3)14(16)12-10-17-18(11-12)13-8-6-5-7-9-13/h5-11,14H,4,16H2,1-3H3. The number of benzene rings is 1. The number of rotatable bonds is 4. The van der Waals surface area contributed by atoms with Crippen LogP contribution >= 0.6 is 0 Å². The van der Waals surface area contributed by atoms with Crippen LogP contribution in [0, 0.1) is 5.41 Å². The van der Waals surface area contributed by atoms with E-state index in [-0.39, 0.29) is 11.5 Å². The average molecular weight is 243 g/mol. The molecule has 0 aliphatic carbocycles. The molecule has 0 bridgehead atoms. The van der Waals surface area contributed by atoms with Gasteiger partial charge in [0.25, 0.3) is 0 Å². The highest BCUT2D eigenvalue weighted by Crippen LogP contribution is 2.34. The molecule has 0 fully saturated rings. The molecule has 2 aromatic rings. The van der Waals surface area contributed by atoms with Crippen molar-refractivity contribution in [1.82, 2.24) is 9.78 Å². The lowest BCUT2D eigenvalue weighted by atomic mass is 9.80. The predicted octanol–water partition coefficient (Wildman–Crippen LogP) is 3.31. The Kier molecular flexibility index (Phi) is 3.53. The van der Waals surface area contributed by atoms with E-state index in [1.165, 1.54) is 0 Å². The molecule has 3 heteroatoms. The normalized spacial score (nSPS) is 13.6. The summed E-state index contributed by atoms with van der Waals surface area (Å²) in [5.41, 5.74) is 8.56. The molecule has 1 unspecified atom stereocenters. The van der Waals surface area contributed by atoms with Gasteiger partial charge in [-0.05, 0) is 24.0 Å². The van der Waals surface area contributed by atoms with E-state index in [0.29, 0.717) is 0 Å². The van der Waals surface area contributed by atoms with E-state index in [0.717, 1.165) is 17.7 Å². The Bertz CT molecular complexity index is 499. The molecule has 0 radical (unpaired) electrons. The Morgan fingerprint density at radius 1 is 1.28 bits per heavy atom. The van der Waals surface area contributed by atoms with Gasteiger partial charge in [-0.3, -0.25) is 0 Å². The molecule has 0 saturated heterocycles. The summed E-state index contributed by atoms with van der Waals surface area (Å²) in [6, 6.07) is 10.1.